The van der Waals surface area contributed by atoms with Gasteiger partial charge in [-0.15, -0.1) is 0 Å². The topological polar surface area (TPSA) is 63.1 Å². The van der Waals surface area contributed by atoms with Crippen LogP contribution in [0.5, 0.6) is 0 Å². The second kappa shape index (κ2) is 5.83. The summed E-state index contributed by atoms with van der Waals surface area (Å²) in [4.78, 5) is 19.8. The van der Waals surface area contributed by atoms with Crippen LogP contribution in [0.4, 0.5) is 0 Å². The van der Waals surface area contributed by atoms with E-state index >= 15 is 0 Å². The molecule has 0 spiro atoms. The minimum atomic E-state index is -0.975. The molecular weight excluding hydrogens is 352 g/mol. The SMILES string of the molecule is O=C(O)c1cnc(Sc2ccc(Br)cn2)c2ccccc12. The van der Waals surface area contributed by atoms with Gasteiger partial charge < -0.3 is 5.11 Å². The number of hydrogen-bond acceptors (Lipinski definition) is 4. The summed E-state index contributed by atoms with van der Waals surface area (Å²) in [7, 11) is 0. The van der Waals surface area contributed by atoms with E-state index in [1.165, 1.54) is 18.0 Å². The first kappa shape index (κ1) is 14.0. The number of carboxylic acids is 1. The van der Waals surface area contributed by atoms with Crippen LogP contribution in [-0.4, -0.2) is 21.0 Å². The van der Waals surface area contributed by atoms with E-state index in [1.807, 2.05) is 30.3 Å². The number of nitrogens with zero attached hydrogens (tertiary/aromatic N) is 2. The maximum absolute atomic E-state index is 11.3. The van der Waals surface area contributed by atoms with Crippen molar-refractivity contribution in [3.8, 4) is 0 Å². The molecule has 3 rings (SSSR count). The number of fused-ring (bicyclic) bond motifs is 1. The molecule has 0 radical (unpaired) electrons. The maximum atomic E-state index is 11.3. The van der Waals surface area contributed by atoms with E-state index in [9.17, 15) is 9.90 Å². The predicted octanol–water partition coefficient (Wildman–Crippen LogP) is 4.24. The lowest BCUT2D eigenvalue weighted by Crippen LogP contribution is -1.99. The highest BCUT2D eigenvalue weighted by Crippen LogP contribution is 2.32. The normalized spacial score (nSPS) is 10.7. The molecule has 2 heterocycles. The van der Waals surface area contributed by atoms with E-state index in [-0.39, 0.29) is 5.56 Å². The van der Waals surface area contributed by atoms with Gasteiger partial charge in [0.25, 0.3) is 0 Å². The van der Waals surface area contributed by atoms with Crippen LogP contribution in [0, 0.1) is 0 Å². The average molecular weight is 361 g/mol. The summed E-state index contributed by atoms with van der Waals surface area (Å²) in [6.45, 7) is 0. The lowest BCUT2D eigenvalue weighted by Gasteiger charge is -2.07. The van der Waals surface area contributed by atoms with Crippen molar-refractivity contribution in [2.75, 3.05) is 0 Å². The van der Waals surface area contributed by atoms with Gasteiger partial charge >= 0.3 is 5.97 Å². The van der Waals surface area contributed by atoms with Crippen molar-refractivity contribution in [2.45, 2.75) is 10.1 Å². The van der Waals surface area contributed by atoms with E-state index in [4.69, 9.17) is 0 Å². The Kier molecular flexibility index (Phi) is 3.90. The van der Waals surface area contributed by atoms with E-state index in [0.29, 0.717) is 5.39 Å². The summed E-state index contributed by atoms with van der Waals surface area (Å²) in [5.41, 5.74) is 0.207. The molecule has 2 aromatic heterocycles. The Morgan fingerprint density at radius 3 is 2.48 bits per heavy atom. The highest BCUT2D eigenvalue weighted by Gasteiger charge is 2.13. The molecule has 3 aromatic rings. The molecule has 0 aliphatic heterocycles. The highest BCUT2D eigenvalue weighted by molar-refractivity contribution is 9.10. The van der Waals surface area contributed by atoms with Gasteiger partial charge in [-0.05, 0) is 39.8 Å². The molecule has 1 aromatic carbocycles. The molecule has 4 nitrogen and oxygen atoms in total. The van der Waals surface area contributed by atoms with Crippen molar-refractivity contribution in [3.05, 3.63) is 58.8 Å². The molecule has 6 heteroatoms. The van der Waals surface area contributed by atoms with Gasteiger partial charge in [0.05, 0.1) is 5.56 Å². The molecule has 104 valence electrons. The Bertz CT molecular complexity index is 822. The molecular formula is C15H9BrN2O2S. The number of pyridine rings is 2. The van der Waals surface area contributed by atoms with Gasteiger partial charge in [0.2, 0.25) is 0 Å². The van der Waals surface area contributed by atoms with Crippen molar-refractivity contribution in [3.63, 3.8) is 0 Å². The Labute approximate surface area is 133 Å². The standard InChI is InChI=1S/C15H9BrN2O2S/c16-9-5-6-13(17-7-9)21-14-11-4-2-1-3-10(11)12(8-18-14)15(19)20/h1-8H,(H,19,20). The molecule has 0 bridgehead atoms. The number of rotatable bonds is 3. The maximum Gasteiger partial charge on any atom is 0.337 e. The van der Waals surface area contributed by atoms with E-state index in [2.05, 4.69) is 25.9 Å². The second-order valence-electron chi connectivity index (χ2n) is 4.24. The van der Waals surface area contributed by atoms with E-state index in [0.717, 1.165) is 19.9 Å². The molecule has 0 amide bonds. The third-order valence-electron chi connectivity index (χ3n) is 2.89. The van der Waals surface area contributed by atoms with Crippen molar-refractivity contribution in [1.29, 1.82) is 0 Å². The smallest absolute Gasteiger partial charge is 0.337 e. The third kappa shape index (κ3) is 2.91. The fraction of sp³-hybridized carbons (Fsp3) is 0. The first-order valence-electron chi connectivity index (χ1n) is 6.05. The largest absolute Gasteiger partial charge is 0.478 e. The molecule has 0 unspecified atom stereocenters. The first-order valence-corrected chi connectivity index (χ1v) is 7.66. The van der Waals surface area contributed by atoms with Crippen LogP contribution in [0.1, 0.15) is 10.4 Å². The number of aromatic nitrogens is 2. The summed E-state index contributed by atoms with van der Waals surface area (Å²) in [6, 6.07) is 11.1. The Hall–Kier alpha value is -1.92. The number of hydrogen-bond donors (Lipinski definition) is 1. The van der Waals surface area contributed by atoms with Crippen LogP contribution < -0.4 is 0 Å². The number of halogens is 1. The van der Waals surface area contributed by atoms with Gasteiger partial charge in [0.15, 0.2) is 0 Å². The highest BCUT2D eigenvalue weighted by atomic mass is 79.9. The summed E-state index contributed by atoms with van der Waals surface area (Å²) in [5.74, 6) is -0.975. The van der Waals surface area contributed by atoms with E-state index in [1.54, 1.807) is 12.3 Å². The summed E-state index contributed by atoms with van der Waals surface area (Å²) in [6.07, 6.45) is 3.11. The van der Waals surface area contributed by atoms with E-state index < -0.39 is 5.97 Å². The Balaban J connectivity index is 2.09. The van der Waals surface area contributed by atoms with Crippen molar-refractivity contribution in [2.24, 2.45) is 0 Å². The third-order valence-corrected chi connectivity index (χ3v) is 4.33. The van der Waals surface area contributed by atoms with Crippen molar-refractivity contribution in [1.82, 2.24) is 9.97 Å². The number of aromatic carboxylic acids is 1. The van der Waals surface area contributed by atoms with Crippen LogP contribution in [-0.2, 0) is 0 Å². The van der Waals surface area contributed by atoms with Gasteiger partial charge in [0.1, 0.15) is 10.1 Å². The molecule has 0 atom stereocenters. The zero-order valence-electron chi connectivity index (χ0n) is 10.7. The average Bonchev–Trinajstić information content (AvgIpc) is 2.49. The minimum absolute atomic E-state index is 0.207. The van der Waals surface area contributed by atoms with Crippen LogP contribution >= 0.6 is 27.7 Å². The van der Waals surface area contributed by atoms with Gasteiger partial charge in [-0.25, -0.2) is 14.8 Å². The molecule has 0 aliphatic carbocycles. The Morgan fingerprint density at radius 2 is 1.81 bits per heavy atom. The fourth-order valence-corrected chi connectivity index (χ4v) is 3.01. The van der Waals surface area contributed by atoms with Crippen LogP contribution in [0.15, 0.2) is 63.3 Å². The number of carboxylic acid groups (broad SMARTS) is 1. The summed E-state index contributed by atoms with van der Waals surface area (Å²) in [5, 5.41) is 12.3. The molecule has 0 fully saturated rings. The number of carbonyl (C=O) groups is 1. The molecule has 21 heavy (non-hydrogen) atoms. The van der Waals surface area contributed by atoms with Gasteiger partial charge in [-0.1, -0.05) is 24.3 Å². The summed E-state index contributed by atoms with van der Waals surface area (Å²) < 4.78 is 0.908. The zero-order chi connectivity index (χ0) is 14.8. The van der Waals surface area contributed by atoms with Crippen LogP contribution in [0.2, 0.25) is 0 Å². The van der Waals surface area contributed by atoms with Crippen molar-refractivity contribution >= 4 is 44.4 Å². The first-order chi connectivity index (χ1) is 10.1. The zero-order valence-corrected chi connectivity index (χ0v) is 13.1. The predicted molar refractivity (Wildman–Crippen MR) is 84.8 cm³/mol. The Morgan fingerprint density at radius 1 is 1.05 bits per heavy atom. The summed E-state index contributed by atoms with van der Waals surface area (Å²) >= 11 is 4.75. The van der Waals surface area contributed by atoms with Crippen LogP contribution in [0.25, 0.3) is 10.8 Å². The lowest BCUT2D eigenvalue weighted by molar-refractivity contribution is 0.0698. The van der Waals surface area contributed by atoms with Gasteiger partial charge in [-0.2, -0.15) is 0 Å². The second-order valence-corrected chi connectivity index (χ2v) is 6.17. The van der Waals surface area contributed by atoms with Gasteiger partial charge in [-0.3, -0.25) is 0 Å². The fourth-order valence-electron chi connectivity index (χ4n) is 1.94. The molecule has 0 aliphatic rings. The van der Waals surface area contributed by atoms with Gasteiger partial charge in [0, 0.05) is 27.6 Å². The van der Waals surface area contributed by atoms with Crippen molar-refractivity contribution < 1.29 is 9.90 Å². The van der Waals surface area contributed by atoms with Crippen LogP contribution in [0.3, 0.4) is 0 Å². The quantitative estimate of drug-likeness (QED) is 0.756. The lowest BCUT2D eigenvalue weighted by atomic mass is 10.1. The minimum Gasteiger partial charge on any atom is -0.478 e. The molecule has 1 N–H and O–H groups in total. The number of benzene rings is 1. The molecule has 0 saturated heterocycles. The monoisotopic (exact) mass is 360 g/mol. The molecule has 0 saturated carbocycles.